The first-order valence-electron chi connectivity index (χ1n) is 5.56. The number of alkyl halides is 1. The second kappa shape index (κ2) is 4.31. The minimum atomic E-state index is 0.260. The molecule has 0 saturated carbocycles. The molecule has 0 aliphatic carbocycles. The number of nitrogens with zero attached hydrogens (tertiary/aromatic N) is 3. The van der Waals surface area contributed by atoms with Crippen LogP contribution in [0.25, 0.3) is 11.2 Å². The quantitative estimate of drug-likeness (QED) is 0.594. The standard InChI is InChI=1S/C11H11BClN3O/c12-7-3-9-11(14-5-7)15-10(4-13)16(9)6-8-1-2-17-8/h3,5,8H,1-2,4,6H2. The summed E-state index contributed by atoms with van der Waals surface area (Å²) < 4.78 is 7.49. The molecule has 2 aromatic heterocycles. The zero-order chi connectivity index (χ0) is 11.8. The zero-order valence-electron chi connectivity index (χ0n) is 9.27. The highest BCUT2D eigenvalue weighted by molar-refractivity contribution is 6.32. The maximum atomic E-state index is 5.90. The lowest BCUT2D eigenvalue weighted by Gasteiger charge is -2.27. The Kier molecular flexibility index (Phi) is 2.80. The van der Waals surface area contributed by atoms with Gasteiger partial charge in [0.1, 0.15) is 13.7 Å². The molecule has 0 aromatic carbocycles. The molecule has 0 spiro atoms. The van der Waals surface area contributed by atoms with Gasteiger partial charge in [-0.2, -0.15) is 0 Å². The summed E-state index contributed by atoms with van der Waals surface area (Å²) in [6, 6.07) is 1.88. The second-order valence-corrected chi connectivity index (χ2v) is 4.43. The number of halogens is 1. The van der Waals surface area contributed by atoms with Crippen molar-refractivity contribution in [3.05, 3.63) is 18.1 Å². The molecule has 86 valence electrons. The molecule has 1 aliphatic rings. The van der Waals surface area contributed by atoms with E-state index in [1.807, 2.05) is 6.07 Å². The third-order valence-electron chi connectivity index (χ3n) is 3.00. The van der Waals surface area contributed by atoms with Crippen LogP contribution in [0.2, 0.25) is 0 Å². The lowest BCUT2D eigenvalue weighted by molar-refractivity contribution is -0.0589. The third-order valence-corrected chi connectivity index (χ3v) is 3.24. The number of imidazole rings is 1. The first-order chi connectivity index (χ1) is 8.28. The van der Waals surface area contributed by atoms with Crippen molar-refractivity contribution in [3.63, 3.8) is 0 Å². The van der Waals surface area contributed by atoms with Gasteiger partial charge in [0.15, 0.2) is 5.65 Å². The first-order valence-corrected chi connectivity index (χ1v) is 6.09. The van der Waals surface area contributed by atoms with Crippen molar-refractivity contribution in [2.45, 2.75) is 24.9 Å². The number of rotatable bonds is 3. The van der Waals surface area contributed by atoms with Gasteiger partial charge in [0.05, 0.1) is 24.0 Å². The average Bonchev–Trinajstić information content (AvgIpc) is 2.61. The van der Waals surface area contributed by atoms with Gasteiger partial charge in [0.2, 0.25) is 0 Å². The number of aromatic nitrogens is 3. The molecule has 1 aliphatic heterocycles. The van der Waals surface area contributed by atoms with Gasteiger partial charge in [-0.15, -0.1) is 11.6 Å². The van der Waals surface area contributed by atoms with E-state index in [0.717, 1.165) is 30.9 Å². The lowest BCUT2D eigenvalue weighted by Crippen LogP contribution is -2.31. The Morgan fingerprint density at radius 3 is 3.06 bits per heavy atom. The minimum Gasteiger partial charge on any atom is -0.376 e. The Morgan fingerprint density at radius 2 is 2.41 bits per heavy atom. The van der Waals surface area contributed by atoms with E-state index in [-0.39, 0.29) is 6.10 Å². The molecule has 3 heterocycles. The summed E-state index contributed by atoms with van der Waals surface area (Å²) in [6.45, 7) is 1.61. The van der Waals surface area contributed by atoms with Crippen LogP contribution in [0.15, 0.2) is 12.3 Å². The van der Waals surface area contributed by atoms with Crippen LogP contribution < -0.4 is 5.46 Å². The van der Waals surface area contributed by atoms with Crippen molar-refractivity contribution < 1.29 is 4.74 Å². The van der Waals surface area contributed by atoms with Crippen LogP contribution in [0.3, 0.4) is 0 Å². The van der Waals surface area contributed by atoms with Crippen molar-refractivity contribution >= 4 is 36.1 Å². The number of pyridine rings is 1. The molecule has 2 aromatic rings. The van der Waals surface area contributed by atoms with Crippen molar-refractivity contribution in [1.29, 1.82) is 0 Å². The monoisotopic (exact) mass is 247 g/mol. The van der Waals surface area contributed by atoms with Crippen LogP contribution in [-0.2, 0) is 17.2 Å². The molecule has 0 bridgehead atoms. The van der Waals surface area contributed by atoms with E-state index in [1.165, 1.54) is 0 Å². The van der Waals surface area contributed by atoms with Gasteiger partial charge in [-0.1, -0.05) is 5.46 Å². The molecule has 1 saturated heterocycles. The summed E-state index contributed by atoms with van der Waals surface area (Å²) in [7, 11) is 5.75. The van der Waals surface area contributed by atoms with Gasteiger partial charge in [0, 0.05) is 12.8 Å². The number of ether oxygens (including phenoxy) is 1. The maximum absolute atomic E-state index is 5.90. The summed E-state index contributed by atoms with van der Waals surface area (Å²) in [5, 5.41) is 0. The van der Waals surface area contributed by atoms with Crippen LogP contribution in [0.1, 0.15) is 12.2 Å². The second-order valence-electron chi connectivity index (χ2n) is 4.17. The number of fused-ring (bicyclic) bond motifs is 1. The normalized spacial score (nSPS) is 19.5. The van der Waals surface area contributed by atoms with E-state index in [0.29, 0.717) is 17.0 Å². The fraction of sp³-hybridized carbons (Fsp3) is 0.455. The van der Waals surface area contributed by atoms with E-state index >= 15 is 0 Å². The van der Waals surface area contributed by atoms with Crippen LogP contribution in [0.5, 0.6) is 0 Å². The average molecular weight is 247 g/mol. The van der Waals surface area contributed by atoms with Crippen LogP contribution in [0.4, 0.5) is 0 Å². The molecule has 2 radical (unpaired) electrons. The van der Waals surface area contributed by atoms with Crippen molar-refractivity contribution in [1.82, 2.24) is 14.5 Å². The summed E-state index contributed by atoms with van der Waals surface area (Å²) in [5.74, 6) is 1.18. The van der Waals surface area contributed by atoms with E-state index < -0.39 is 0 Å². The first kappa shape index (κ1) is 11.0. The van der Waals surface area contributed by atoms with E-state index in [9.17, 15) is 0 Å². The van der Waals surface area contributed by atoms with E-state index in [1.54, 1.807) is 6.20 Å². The Morgan fingerprint density at radius 1 is 1.59 bits per heavy atom. The molecule has 1 unspecified atom stereocenters. The van der Waals surface area contributed by atoms with Gasteiger partial charge in [-0.3, -0.25) is 0 Å². The summed E-state index contributed by atoms with van der Waals surface area (Å²) in [6.07, 6.45) is 2.95. The molecule has 0 amide bonds. The molecule has 4 nitrogen and oxygen atoms in total. The molecular weight excluding hydrogens is 236 g/mol. The van der Waals surface area contributed by atoms with Crippen molar-refractivity contribution in [2.75, 3.05) is 6.61 Å². The summed E-state index contributed by atoms with van der Waals surface area (Å²) in [4.78, 5) is 8.60. The Labute approximate surface area is 105 Å². The topological polar surface area (TPSA) is 39.9 Å². The fourth-order valence-corrected chi connectivity index (χ4v) is 2.21. The van der Waals surface area contributed by atoms with Crippen LogP contribution in [0, 0.1) is 0 Å². The molecule has 3 rings (SSSR count). The Bertz CT molecular complexity index is 553. The van der Waals surface area contributed by atoms with Crippen LogP contribution in [-0.4, -0.2) is 35.1 Å². The largest absolute Gasteiger partial charge is 0.376 e. The fourth-order valence-electron chi connectivity index (χ4n) is 2.01. The smallest absolute Gasteiger partial charge is 0.177 e. The highest BCUT2D eigenvalue weighted by atomic mass is 35.5. The summed E-state index contributed by atoms with van der Waals surface area (Å²) >= 11 is 5.90. The Hall–Kier alpha value is -1.07. The third kappa shape index (κ3) is 1.94. The highest BCUT2D eigenvalue weighted by Crippen LogP contribution is 2.20. The maximum Gasteiger partial charge on any atom is 0.177 e. The summed E-state index contributed by atoms with van der Waals surface area (Å²) in [5.41, 5.74) is 2.25. The predicted octanol–water partition coefficient (Wildman–Crippen LogP) is 0.753. The van der Waals surface area contributed by atoms with E-state index in [4.69, 9.17) is 24.2 Å². The molecule has 1 fully saturated rings. The Balaban J connectivity index is 2.07. The number of hydrogen-bond acceptors (Lipinski definition) is 3. The van der Waals surface area contributed by atoms with Gasteiger partial charge in [-0.05, 0) is 12.5 Å². The van der Waals surface area contributed by atoms with Crippen LogP contribution >= 0.6 is 11.6 Å². The van der Waals surface area contributed by atoms with Gasteiger partial charge in [0.25, 0.3) is 0 Å². The molecule has 0 N–H and O–H groups in total. The number of hydrogen-bond donors (Lipinski definition) is 0. The minimum absolute atomic E-state index is 0.260. The SMILES string of the molecule is [B]c1cnc2nc(CCl)n(CC3CCO3)c2c1. The predicted molar refractivity (Wildman–Crippen MR) is 66.8 cm³/mol. The van der Waals surface area contributed by atoms with Gasteiger partial charge >= 0.3 is 0 Å². The molecular formula is C11H11BClN3O. The van der Waals surface area contributed by atoms with Gasteiger partial charge < -0.3 is 9.30 Å². The molecule has 1 atom stereocenters. The highest BCUT2D eigenvalue weighted by Gasteiger charge is 2.21. The lowest BCUT2D eigenvalue weighted by atomic mass is 9.99. The van der Waals surface area contributed by atoms with E-state index in [2.05, 4.69) is 14.5 Å². The molecule has 6 heteroatoms. The zero-order valence-corrected chi connectivity index (χ0v) is 10.0. The van der Waals surface area contributed by atoms with Crippen molar-refractivity contribution in [3.8, 4) is 0 Å². The van der Waals surface area contributed by atoms with Crippen molar-refractivity contribution in [2.24, 2.45) is 0 Å². The van der Waals surface area contributed by atoms with Gasteiger partial charge in [-0.25, -0.2) is 9.97 Å². The molecule has 17 heavy (non-hydrogen) atoms.